The van der Waals surface area contributed by atoms with Gasteiger partial charge in [0.1, 0.15) is 0 Å². The van der Waals surface area contributed by atoms with Crippen molar-refractivity contribution in [2.45, 2.75) is 31.3 Å². The van der Waals surface area contributed by atoms with Crippen LogP contribution in [0.4, 0.5) is 0 Å². The average molecular weight is 168 g/mol. The van der Waals surface area contributed by atoms with Crippen LogP contribution in [0.15, 0.2) is 17.5 Å². The third-order valence-corrected chi connectivity index (χ3v) is 3.18. The van der Waals surface area contributed by atoms with Crippen molar-refractivity contribution in [2.75, 3.05) is 0 Å². The molecule has 1 N–H and O–H groups in total. The fourth-order valence-electron chi connectivity index (χ4n) is 1.20. The molecule has 0 radical (unpaired) electrons. The number of hydrogen-bond donors (Lipinski definition) is 1. The number of aryl methyl sites for hydroxylation is 1. The molecule has 1 nitrogen and oxygen atoms in total. The molecule has 1 fully saturated rings. The van der Waals surface area contributed by atoms with E-state index in [2.05, 4.69) is 17.5 Å². The predicted molar refractivity (Wildman–Crippen MR) is 46.8 cm³/mol. The van der Waals surface area contributed by atoms with E-state index in [1.54, 1.807) is 11.3 Å². The third kappa shape index (κ3) is 1.82. The Labute approximate surface area is 70.7 Å². The van der Waals surface area contributed by atoms with Crippen LogP contribution in [0.5, 0.6) is 0 Å². The van der Waals surface area contributed by atoms with Crippen LogP contribution in [-0.2, 0) is 6.42 Å². The molecule has 1 aromatic heterocycles. The Morgan fingerprint density at radius 3 is 2.91 bits per heavy atom. The van der Waals surface area contributed by atoms with E-state index >= 15 is 0 Å². The molecule has 11 heavy (non-hydrogen) atoms. The Hall–Kier alpha value is -0.340. The molecule has 0 unspecified atom stereocenters. The molecule has 0 saturated heterocycles. The summed E-state index contributed by atoms with van der Waals surface area (Å²) < 4.78 is 0. The minimum atomic E-state index is -0.274. The van der Waals surface area contributed by atoms with Crippen molar-refractivity contribution < 1.29 is 5.11 Å². The SMILES string of the molecule is OC1(CCc2cccs2)CC1. The van der Waals surface area contributed by atoms with Crippen molar-refractivity contribution in [3.63, 3.8) is 0 Å². The van der Waals surface area contributed by atoms with Crippen LogP contribution in [-0.4, -0.2) is 10.7 Å². The van der Waals surface area contributed by atoms with E-state index in [9.17, 15) is 5.11 Å². The second kappa shape index (κ2) is 2.61. The Balaban J connectivity index is 1.83. The molecule has 0 aliphatic heterocycles. The Morgan fingerprint density at radius 2 is 2.36 bits per heavy atom. The van der Waals surface area contributed by atoms with Gasteiger partial charge >= 0.3 is 0 Å². The van der Waals surface area contributed by atoms with Crippen molar-refractivity contribution in [1.29, 1.82) is 0 Å². The molecule has 0 atom stereocenters. The smallest absolute Gasteiger partial charge is 0.0653 e. The summed E-state index contributed by atoms with van der Waals surface area (Å²) in [5.41, 5.74) is -0.274. The summed E-state index contributed by atoms with van der Waals surface area (Å²) in [6.45, 7) is 0. The molecule has 0 amide bonds. The first-order valence-corrected chi connectivity index (χ1v) is 4.91. The number of rotatable bonds is 3. The van der Waals surface area contributed by atoms with E-state index in [1.807, 2.05) is 0 Å². The van der Waals surface area contributed by atoms with Gasteiger partial charge in [-0.2, -0.15) is 0 Å². The van der Waals surface area contributed by atoms with E-state index in [1.165, 1.54) is 4.88 Å². The second-order valence-electron chi connectivity index (χ2n) is 3.30. The maximum atomic E-state index is 9.53. The second-order valence-corrected chi connectivity index (χ2v) is 4.34. The van der Waals surface area contributed by atoms with Crippen LogP contribution in [0.3, 0.4) is 0 Å². The highest BCUT2D eigenvalue weighted by Crippen LogP contribution is 2.39. The van der Waals surface area contributed by atoms with Gasteiger partial charge in [-0.1, -0.05) is 6.07 Å². The quantitative estimate of drug-likeness (QED) is 0.733. The van der Waals surface area contributed by atoms with Crippen LogP contribution in [0.1, 0.15) is 24.1 Å². The average Bonchev–Trinajstić information content (AvgIpc) is 2.53. The first kappa shape index (κ1) is 7.32. The van der Waals surface area contributed by atoms with Crippen molar-refractivity contribution in [3.05, 3.63) is 22.4 Å². The van der Waals surface area contributed by atoms with Crippen LogP contribution in [0.2, 0.25) is 0 Å². The standard InChI is InChI=1S/C9H12OS/c10-9(5-6-9)4-3-8-2-1-7-11-8/h1-2,7,10H,3-6H2. The summed E-state index contributed by atoms with van der Waals surface area (Å²) in [6, 6.07) is 4.20. The maximum absolute atomic E-state index is 9.53. The molecule has 0 spiro atoms. The first-order valence-electron chi connectivity index (χ1n) is 4.03. The van der Waals surface area contributed by atoms with Crippen LogP contribution >= 0.6 is 11.3 Å². The Kier molecular flexibility index (Phi) is 1.74. The van der Waals surface area contributed by atoms with Gasteiger partial charge in [0.05, 0.1) is 5.60 Å². The highest BCUT2D eigenvalue weighted by atomic mass is 32.1. The Morgan fingerprint density at radius 1 is 1.55 bits per heavy atom. The van der Waals surface area contributed by atoms with Crippen molar-refractivity contribution in [2.24, 2.45) is 0 Å². The summed E-state index contributed by atoms with van der Waals surface area (Å²) in [6.07, 6.45) is 4.03. The van der Waals surface area contributed by atoms with Gasteiger partial charge in [-0.25, -0.2) is 0 Å². The highest BCUT2D eigenvalue weighted by molar-refractivity contribution is 7.09. The zero-order valence-electron chi connectivity index (χ0n) is 6.42. The van der Waals surface area contributed by atoms with Gasteiger partial charge in [0, 0.05) is 4.88 Å². The van der Waals surface area contributed by atoms with E-state index in [4.69, 9.17) is 0 Å². The van der Waals surface area contributed by atoms with E-state index in [-0.39, 0.29) is 5.60 Å². The van der Waals surface area contributed by atoms with Gasteiger partial charge in [0.2, 0.25) is 0 Å². The molecule has 1 aliphatic carbocycles. The monoisotopic (exact) mass is 168 g/mol. The van der Waals surface area contributed by atoms with Gasteiger partial charge in [-0.05, 0) is 37.1 Å². The summed E-state index contributed by atoms with van der Waals surface area (Å²) in [5, 5.41) is 11.6. The summed E-state index contributed by atoms with van der Waals surface area (Å²) in [4.78, 5) is 1.39. The van der Waals surface area contributed by atoms with Gasteiger partial charge in [0.25, 0.3) is 0 Å². The van der Waals surface area contributed by atoms with Crippen molar-refractivity contribution in [3.8, 4) is 0 Å². The van der Waals surface area contributed by atoms with Gasteiger partial charge in [-0.15, -0.1) is 11.3 Å². The number of aliphatic hydroxyl groups is 1. The van der Waals surface area contributed by atoms with Crippen molar-refractivity contribution in [1.82, 2.24) is 0 Å². The zero-order valence-corrected chi connectivity index (χ0v) is 7.23. The molecule has 0 bridgehead atoms. The lowest BCUT2D eigenvalue weighted by atomic mass is 10.1. The summed E-state index contributed by atoms with van der Waals surface area (Å²) in [7, 11) is 0. The number of hydrogen-bond acceptors (Lipinski definition) is 2. The minimum Gasteiger partial charge on any atom is -0.390 e. The van der Waals surface area contributed by atoms with E-state index < -0.39 is 0 Å². The summed E-state index contributed by atoms with van der Waals surface area (Å²) >= 11 is 1.78. The molecular formula is C9H12OS. The predicted octanol–water partition coefficient (Wildman–Crippen LogP) is 2.21. The number of thiophene rings is 1. The molecule has 60 valence electrons. The van der Waals surface area contributed by atoms with Gasteiger partial charge in [0.15, 0.2) is 0 Å². The molecule has 2 heteroatoms. The van der Waals surface area contributed by atoms with Gasteiger partial charge < -0.3 is 5.11 Å². The summed E-state index contributed by atoms with van der Waals surface area (Å²) in [5.74, 6) is 0. The van der Waals surface area contributed by atoms with Crippen molar-refractivity contribution >= 4 is 11.3 Å². The zero-order chi connectivity index (χ0) is 7.73. The molecular weight excluding hydrogens is 156 g/mol. The fourth-order valence-corrected chi connectivity index (χ4v) is 1.91. The minimum absolute atomic E-state index is 0.274. The lowest BCUT2D eigenvalue weighted by Gasteiger charge is -2.04. The third-order valence-electron chi connectivity index (χ3n) is 2.24. The fraction of sp³-hybridized carbons (Fsp3) is 0.556. The molecule has 1 heterocycles. The maximum Gasteiger partial charge on any atom is 0.0653 e. The highest BCUT2D eigenvalue weighted by Gasteiger charge is 2.39. The van der Waals surface area contributed by atoms with Crippen LogP contribution in [0, 0.1) is 0 Å². The van der Waals surface area contributed by atoms with Crippen LogP contribution in [0.25, 0.3) is 0 Å². The van der Waals surface area contributed by atoms with Crippen LogP contribution < -0.4 is 0 Å². The van der Waals surface area contributed by atoms with E-state index in [0.717, 1.165) is 25.7 Å². The molecule has 1 aromatic rings. The molecule has 1 aliphatic rings. The van der Waals surface area contributed by atoms with Gasteiger partial charge in [-0.3, -0.25) is 0 Å². The molecule has 0 aromatic carbocycles. The lowest BCUT2D eigenvalue weighted by molar-refractivity contribution is 0.141. The first-order chi connectivity index (χ1) is 5.29. The van der Waals surface area contributed by atoms with E-state index in [0.29, 0.717) is 0 Å². The molecule has 1 saturated carbocycles. The topological polar surface area (TPSA) is 20.2 Å². The largest absolute Gasteiger partial charge is 0.390 e. The lowest BCUT2D eigenvalue weighted by Crippen LogP contribution is -2.06. The molecule has 2 rings (SSSR count). The normalized spacial score (nSPS) is 20.1. The Bertz CT molecular complexity index is 224.